The molecule has 1 heterocycles. The standard InChI is InChI=1S/C6H5ClOS/c1-4-2-5(3-8)6(7)9-4/h2-3H,1H3. The SMILES string of the molecule is Cc1cc(C=O)c(Cl)s1. The number of hydrogen-bond acceptors (Lipinski definition) is 2. The molecule has 0 bridgehead atoms. The molecule has 0 atom stereocenters. The first kappa shape index (κ1) is 6.78. The highest BCUT2D eigenvalue weighted by molar-refractivity contribution is 7.16. The van der Waals surface area contributed by atoms with Crippen LogP contribution in [-0.4, -0.2) is 6.29 Å². The van der Waals surface area contributed by atoms with Gasteiger partial charge in [0.05, 0.1) is 0 Å². The number of halogens is 1. The molecule has 0 saturated carbocycles. The average Bonchev–Trinajstić information content (AvgIpc) is 2.10. The fraction of sp³-hybridized carbons (Fsp3) is 0.167. The normalized spacial score (nSPS) is 9.56. The van der Waals surface area contributed by atoms with Gasteiger partial charge in [-0.25, -0.2) is 0 Å². The minimum atomic E-state index is 0.586. The largest absolute Gasteiger partial charge is 0.298 e. The van der Waals surface area contributed by atoms with Crippen LogP contribution < -0.4 is 0 Å². The van der Waals surface area contributed by atoms with Gasteiger partial charge in [0, 0.05) is 10.4 Å². The van der Waals surface area contributed by atoms with Gasteiger partial charge in [0.1, 0.15) is 4.34 Å². The van der Waals surface area contributed by atoms with Gasteiger partial charge in [-0.05, 0) is 13.0 Å². The highest BCUT2D eigenvalue weighted by Gasteiger charge is 2.00. The van der Waals surface area contributed by atoms with Crippen LogP contribution in [-0.2, 0) is 0 Å². The highest BCUT2D eigenvalue weighted by atomic mass is 35.5. The summed E-state index contributed by atoms with van der Waals surface area (Å²) in [4.78, 5) is 11.2. The lowest BCUT2D eigenvalue weighted by molar-refractivity contribution is 0.112. The monoisotopic (exact) mass is 160 g/mol. The number of carbonyl (C=O) groups excluding carboxylic acids is 1. The van der Waals surface area contributed by atoms with Crippen LogP contribution in [0, 0.1) is 6.92 Å². The van der Waals surface area contributed by atoms with Crippen molar-refractivity contribution in [3.8, 4) is 0 Å². The van der Waals surface area contributed by atoms with E-state index in [4.69, 9.17) is 11.6 Å². The third-order valence-corrected chi connectivity index (χ3v) is 2.27. The van der Waals surface area contributed by atoms with Gasteiger partial charge in [-0.2, -0.15) is 0 Å². The summed E-state index contributed by atoms with van der Waals surface area (Å²) in [7, 11) is 0. The van der Waals surface area contributed by atoms with Crippen molar-refractivity contribution in [3.63, 3.8) is 0 Å². The van der Waals surface area contributed by atoms with Crippen molar-refractivity contribution in [3.05, 3.63) is 20.8 Å². The number of aldehydes is 1. The van der Waals surface area contributed by atoms with Gasteiger partial charge in [-0.15, -0.1) is 11.3 Å². The van der Waals surface area contributed by atoms with Crippen molar-refractivity contribution >= 4 is 29.2 Å². The van der Waals surface area contributed by atoms with Crippen molar-refractivity contribution in [2.75, 3.05) is 0 Å². The van der Waals surface area contributed by atoms with Crippen molar-refractivity contribution in [1.29, 1.82) is 0 Å². The maximum atomic E-state index is 10.2. The molecule has 0 fully saturated rings. The average molecular weight is 161 g/mol. The molecule has 0 aliphatic carbocycles. The van der Waals surface area contributed by atoms with E-state index < -0.39 is 0 Å². The Balaban J connectivity index is 3.15. The zero-order valence-corrected chi connectivity index (χ0v) is 6.42. The summed E-state index contributed by atoms with van der Waals surface area (Å²) in [6, 6.07) is 1.78. The summed E-state index contributed by atoms with van der Waals surface area (Å²) in [6.45, 7) is 1.92. The number of hydrogen-bond donors (Lipinski definition) is 0. The van der Waals surface area contributed by atoms with Crippen LogP contribution in [0.15, 0.2) is 6.07 Å². The lowest BCUT2D eigenvalue weighted by atomic mass is 10.3. The first-order chi connectivity index (χ1) is 4.24. The van der Waals surface area contributed by atoms with Gasteiger partial charge in [0.2, 0.25) is 0 Å². The maximum absolute atomic E-state index is 10.2. The fourth-order valence-electron chi connectivity index (χ4n) is 0.586. The molecule has 0 aliphatic rings. The van der Waals surface area contributed by atoms with E-state index in [-0.39, 0.29) is 0 Å². The number of aryl methyl sites for hydroxylation is 1. The second-order valence-corrected chi connectivity index (χ2v) is 3.56. The van der Waals surface area contributed by atoms with Gasteiger partial charge in [0.25, 0.3) is 0 Å². The maximum Gasteiger partial charge on any atom is 0.152 e. The summed E-state index contributed by atoms with van der Waals surface area (Å²) in [5.74, 6) is 0. The van der Waals surface area contributed by atoms with E-state index in [0.29, 0.717) is 9.90 Å². The van der Waals surface area contributed by atoms with Gasteiger partial charge < -0.3 is 0 Å². The van der Waals surface area contributed by atoms with Crippen molar-refractivity contribution in [2.45, 2.75) is 6.92 Å². The molecule has 9 heavy (non-hydrogen) atoms. The van der Waals surface area contributed by atoms with E-state index in [1.54, 1.807) is 6.07 Å². The molecule has 1 aromatic heterocycles. The predicted octanol–water partition coefficient (Wildman–Crippen LogP) is 2.52. The third-order valence-electron chi connectivity index (χ3n) is 0.963. The van der Waals surface area contributed by atoms with E-state index in [1.807, 2.05) is 6.92 Å². The minimum absolute atomic E-state index is 0.586. The summed E-state index contributed by atoms with van der Waals surface area (Å²) < 4.78 is 0.586. The molecule has 1 nitrogen and oxygen atoms in total. The Bertz CT molecular complexity index is 229. The Kier molecular flexibility index (Phi) is 1.88. The van der Waals surface area contributed by atoms with Crippen molar-refractivity contribution in [1.82, 2.24) is 0 Å². The van der Waals surface area contributed by atoms with Crippen LogP contribution in [0.5, 0.6) is 0 Å². The van der Waals surface area contributed by atoms with Gasteiger partial charge in [0.15, 0.2) is 6.29 Å². The Morgan fingerprint density at radius 3 is 2.67 bits per heavy atom. The van der Waals surface area contributed by atoms with E-state index in [1.165, 1.54) is 11.3 Å². The van der Waals surface area contributed by atoms with Gasteiger partial charge in [-0.3, -0.25) is 4.79 Å². The smallest absolute Gasteiger partial charge is 0.152 e. The molecule has 0 radical (unpaired) electrons. The molecule has 0 amide bonds. The molecule has 0 spiro atoms. The molecule has 1 rings (SSSR count). The van der Waals surface area contributed by atoms with Crippen LogP contribution in [0.2, 0.25) is 4.34 Å². The zero-order valence-electron chi connectivity index (χ0n) is 4.85. The predicted molar refractivity (Wildman–Crippen MR) is 39.5 cm³/mol. The second kappa shape index (κ2) is 2.50. The van der Waals surface area contributed by atoms with Crippen molar-refractivity contribution in [2.24, 2.45) is 0 Å². The molecule has 0 aromatic carbocycles. The first-order valence-electron chi connectivity index (χ1n) is 2.45. The molecule has 3 heteroatoms. The Hall–Kier alpha value is -0.340. The zero-order chi connectivity index (χ0) is 6.85. The van der Waals surface area contributed by atoms with Crippen LogP contribution >= 0.6 is 22.9 Å². The van der Waals surface area contributed by atoms with Crippen LogP contribution in [0.25, 0.3) is 0 Å². The molecule has 48 valence electrons. The molecular formula is C6H5ClOS. The van der Waals surface area contributed by atoms with Crippen LogP contribution in [0.3, 0.4) is 0 Å². The molecule has 0 N–H and O–H groups in total. The molecular weight excluding hydrogens is 156 g/mol. The lowest BCUT2D eigenvalue weighted by Gasteiger charge is -1.76. The fourth-order valence-corrected chi connectivity index (χ4v) is 1.74. The summed E-state index contributed by atoms with van der Waals surface area (Å²) in [6.07, 6.45) is 0.770. The minimum Gasteiger partial charge on any atom is -0.298 e. The first-order valence-corrected chi connectivity index (χ1v) is 3.64. The van der Waals surface area contributed by atoms with Gasteiger partial charge in [-0.1, -0.05) is 11.6 Å². The number of carbonyl (C=O) groups is 1. The van der Waals surface area contributed by atoms with Crippen LogP contribution in [0.4, 0.5) is 0 Å². The lowest BCUT2D eigenvalue weighted by Crippen LogP contribution is -1.69. The van der Waals surface area contributed by atoms with Crippen LogP contribution in [0.1, 0.15) is 15.2 Å². The molecule has 0 unspecified atom stereocenters. The van der Waals surface area contributed by atoms with Crippen molar-refractivity contribution < 1.29 is 4.79 Å². The number of thiophene rings is 1. The molecule has 0 saturated heterocycles. The summed E-state index contributed by atoms with van der Waals surface area (Å²) in [5.41, 5.74) is 0.596. The van der Waals surface area contributed by atoms with Gasteiger partial charge >= 0.3 is 0 Å². The molecule has 1 aromatic rings. The highest BCUT2D eigenvalue weighted by Crippen LogP contribution is 2.24. The Morgan fingerprint density at radius 2 is 2.44 bits per heavy atom. The Morgan fingerprint density at radius 1 is 1.78 bits per heavy atom. The van der Waals surface area contributed by atoms with E-state index >= 15 is 0 Å². The van der Waals surface area contributed by atoms with E-state index in [2.05, 4.69) is 0 Å². The third kappa shape index (κ3) is 1.32. The van der Waals surface area contributed by atoms with E-state index in [0.717, 1.165) is 11.2 Å². The number of rotatable bonds is 1. The molecule has 0 aliphatic heterocycles. The second-order valence-electron chi connectivity index (χ2n) is 1.70. The summed E-state index contributed by atoms with van der Waals surface area (Å²) >= 11 is 7.06. The summed E-state index contributed by atoms with van der Waals surface area (Å²) in [5, 5.41) is 0. The quantitative estimate of drug-likeness (QED) is 0.577. The Labute approximate surface area is 62.3 Å². The van der Waals surface area contributed by atoms with E-state index in [9.17, 15) is 4.79 Å². The topological polar surface area (TPSA) is 17.1 Å².